The maximum absolute atomic E-state index is 9.30. The van der Waals surface area contributed by atoms with Crippen LogP contribution in [-0.4, -0.2) is 54.1 Å². The first kappa shape index (κ1) is 10.4. The van der Waals surface area contributed by atoms with Gasteiger partial charge in [0.25, 0.3) is 0 Å². The van der Waals surface area contributed by atoms with Gasteiger partial charge in [0.15, 0.2) is 0 Å². The van der Waals surface area contributed by atoms with Crippen LogP contribution in [0, 0.1) is 0 Å². The van der Waals surface area contributed by atoms with Crippen molar-refractivity contribution in [2.45, 2.75) is 0 Å². The first-order chi connectivity index (χ1) is 2.27. The molecule has 0 aliphatic heterocycles. The van der Waals surface area contributed by atoms with Crippen LogP contribution in [0.1, 0.15) is 0 Å². The van der Waals surface area contributed by atoms with E-state index in [1.54, 1.807) is 0 Å². The Hall–Kier alpha value is 1.41. The third-order valence-electron chi connectivity index (χ3n) is 0.135. The molecule has 1 atom stereocenters. The van der Waals surface area contributed by atoms with Crippen molar-refractivity contribution in [1.82, 2.24) is 0 Å². The van der Waals surface area contributed by atoms with Gasteiger partial charge in [-0.1, -0.05) is 0 Å². The Balaban J connectivity index is 0. The fraction of sp³-hybridized carbons (Fsp3) is 1.00. The summed E-state index contributed by atoms with van der Waals surface area (Å²) >= 11 is 0. The van der Waals surface area contributed by atoms with Gasteiger partial charge in [-0.15, -0.1) is 0 Å². The van der Waals surface area contributed by atoms with Gasteiger partial charge in [0, 0.05) is 0 Å². The molecule has 0 saturated carbocycles. The van der Waals surface area contributed by atoms with Gasteiger partial charge in [0.1, 0.15) is 6.35 Å². The van der Waals surface area contributed by atoms with Crippen molar-refractivity contribution in [2.75, 3.05) is 6.35 Å². The van der Waals surface area contributed by atoms with E-state index in [9.17, 15) is 4.57 Å². The predicted octanol–water partition coefficient (Wildman–Crippen LogP) is -1.51. The van der Waals surface area contributed by atoms with E-state index in [1.807, 2.05) is 0 Å². The Morgan fingerprint density at radius 2 is 1.83 bits per heavy atom. The Morgan fingerprint density at radius 1 is 1.67 bits per heavy atom. The van der Waals surface area contributed by atoms with Crippen LogP contribution < -0.4 is 0 Å². The van der Waals surface area contributed by atoms with E-state index in [-0.39, 0.29) is 37.7 Å². The van der Waals surface area contributed by atoms with Gasteiger partial charge >= 0.3 is 37.7 Å². The third-order valence-corrected chi connectivity index (χ3v) is 0.406. The van der Waals surface area contributed by atoms with E-state index in [0.29, 0.717) is 0 Å². The van der Waals surface area contributed by atoms with Gasteiger partial charge < -0.3 is 10.00 Å². The van der Waals surface area contributed by atoms with Crippen molar-refractivity contribution in [3.05, 3.63) is 0 Å². The summed E-state index contributed by atoms with van der Waals surface area (Å²) in [5, 5.41) is 7.63. The van der Waals surface area contributed by atoms with Crippen molar-refractivity contribution >= 4 is 45.8 Å². The van der Waals surface area contributed by atoms with Crippen LogP contribution in [0.25, 0.3) is 0 Å². The van der Waals surface area contributed by atoms with E-state index < -0.39 is 14.4 Å². The minimum atomic E-state index is -2.57. The molecule has 3 nitrogen and oxygen atoms in total. The molecule has 0 amide bonds. The summed E-state index contributed by atoms with van der Waals surface area (Å²) in [7, 11) is -2.57. The SMILES string of the molecule is O=[PH](O)CO.[CaH2]. The Labute approximate surface area is 66.2 Å². The molecule has 0 aromatic heterocycles. The minimum absolute atomic E-state index is 0. The Bertz CT molecular complexity index is 46.1. The van der Waals surface area contributed by atoms with Crippen LogP contribution in [0.3, 0.4) is 0 Å². The molecule has 0 heterocycles. The molecular weight excluding hydrogens is 131 g/mol. The predicted molar refractivity (Wildman–Crippen MR) is 26.9 cm³/mol. The molecule has 0 aliphatic rings. The maximum atomic E-state index is 9.30. The molecule has 0 aliphatic carbocycles. The van der Waals surface area contributed by atoms with E-state index in [0.717, 1.165) is 0 Å². The molecule has 5 heteroatoms. The molecule has 0 saturated heterocycles. The van der Waals surface area contributed by atoms with E-state index in [1.165, 1.54) is 0 Å². The fourth-order valence-corrected chi connectivity index (χ4v) is 0. The monoisotopic (exact) mass is 138 g/mol. The van der Waals surface area contributed by atoms with E-state index in [4.69, 9.17) is 10.00 Å². The summed E-state index contributed by atoms with van der Waals surface area (Å²) in [5.74, 6) is 0. The molecule has 2 N–H and O–H groups in total. The third kappa shape index (κ3) is 9.05. The summed E-state index contributed by atoms with van der Waals surface area (Å²) in [6.45, 7) is 0. The summed E-state index contributed by atoms with van der Waals surface area (Å²) < 4.78 is 9.30. The summed E-state index contributed by atoms with van der Waals surface area (Å²) in [6.07, 6.45) is -0.593. The van der Waals surface area contributed by atoms with E-state index in [2.05, 4.69) is 0 Å². The molecule has 0 rings (SSSR count). The van der Waals surface area contributed by atoms with Crippen molar-refractivity contribution in [2.24, 2.45) is 0 Å². The quantitative estimate of drug-likeness (QED) is 0.342. The van der Waals surface area contributed by atoms with Gasteiger partial charge in [0.2, 0.25) is 8.03 Å². The first-order valence-electron chi connectivity index (χ1n) is 1.10. The second-order valence-electron chi connectivity index (χ2n) is 0.552. The second kappa shape index (κ2) is 6.41. The zero-order valence-corrected chi connectivity index (χ0v) is 3.51. The molecule has 6 heavy (non-hydrogen) atoms. The number of hydrogen-bond acceptors (Lipinski definition) is 2. The zero-order chi connectivity index (χ0) is 4.28. The molecule has 0 radical (unpaired) electrons. The second-order valence-corrected chi connectivity index (χ2v) is 1.66. The van der Waals surface area contributed by atoms with Crippen LogP contribution >= 0.6 is 8.03 Å². The van der Waals surface area contributed by atoms with Crippen molar-refractivity contribution in [3.8, 4) is 0 Å². The number of aliphatic hydroxyl groups is 1. The van der Waals surface area contributed by atoms with Gasteiger partial charge in [-0.2, -0.15) is 0 Å². The normalized spacial score (nSPS) is 12.3. The van der Waals surface area contributed by atoms with Gasteiger partial charge in [0.05, 0.1) is 0 Å². The Morgan fingerprint density at radius 3 is 1.83 bits per heavy atom. The average Bonchev–Trinajstić information content (AvgIpc) is 1.38. The molecular formula is CH7CaO3P. The van der Waals surface area contributed by atoms with Crippen LogP contribution in [-0.2, 0) is 4.57 Å². The standard InChI is InChI=1S/CH5O3P.Ca.2H/c2-1-5(3)4;;;/h2,5H,1H2,(H,3,4);;;. The van der Waals surface area contributed by atoms with Gasteiger partial charge in [-0.05, 0) is 0 Å². The van der Waals surface area contributed by atoms with Gasteiger partial charge in [-0.25, -0.2) is 0 Å². The average molecular weight is 138 g/mol. The molecule has 0 aromatic carbocycles. The van der Waals surface area contributed by atoms with E-state index >= 15 is 0 Å². The van der Waals surface area contributed by atoms with Crippen LogP contribution in [0.2, 0.25) is 0 Å². The topological polar surface area (TPSA) is 57.5 Å². The molecule has 0 spiro atoms. The molecule has 1 unspecified atom stereocenters. The molecule has 0 aromatic rings. The number of aliphatic hydroxyl groups excluding tert-OH is 1. The van der Waals surface area contributed by atoms with Crippen molar-refractivity contribution in [1.29, 1.82) is 0 Å². The van der Waals surface area contributed by atoms with Crippen LogP contribution in [0.5, 0.6) is 0 Å². The summed E-state index contributed by atoms with van der Waals surface area (Å²) in [5.41, 5.74) is 0. The zero-order valence-electron chi connectivity index (χ0n) is 2.51. The number of hydrogen-bond donors (Lipinski definition) is 2. The number of rotatable bonds is 1. The Kier molecular flexibility index (Phi) is 11.1. The molecule has 36 valence electrons. The van der Waals surface area contributed by atoms with Crippen LogP contribution in [0.15, 0.2) is 0 Å². The van der Waals surface area contributed by atoms with Gasteiger partial charge in [-0.3, -0.25) is 4.57 Å². The molecule has 0 fully saturated rings. The summed E-state index contributed by atoms with van der Waals surface area (Å²) in [6, 6.07) is 0. The summed E-state index contributed by atoms with van der Waals surface area (Å²) in [4.78, 5) is 7.66. The van der Waals surface area contributed by atoms with Crippen molar-refractivity contribution in [3.63, 3.8) is 0 Å². The first-order valence-corrected chi connectivity index (χ1v) is 2.66. The molecule has 0 bridgehead atoms. The fourth-order valence-electron chi connectivity index (χ4n) is 0. The van der Waals surface area contributed by atoms with Crippen molar-refractivity contribution < 1.29 is 14.6 Å². The van der Waals surface area contributed by atoms with Crippen LogP contribution in [0.4, 0.5) is 0 Å².